The molecule has 1 aliphatic carbocycles. The zero-order chi connectivity index (χ0) is 28.2. The Morgan fingerprint density at radius 2 is 1.34 bits per heavy atom. The van der Waals surface area contributed by atoms with Crippen LogP contribution >= 0.6 is 0 Å². The minimum Gasteiger partial charge on any atom is -0.459 e. The van der Waals surface area contributed by atoms with Crippen LogP contribution in [0, 0.1) is 11.3 Å². The summed E-state index contributed by atoms with van der Waals surface area (Å²) in [5, 5.41) is 62.9. The molecule has 1 saturated carbocycles. The topological polar surface area (TPSA) is 151 Å². The summed E-state index contributed by atoms with van der Waals surface area (Å²) in [4.78, 5) is 14.1. The van der Waals surface area contributed by atoms with Gasteiger partial charge in [-0.3, -0.25) is 4.79 Å². The number of carbonyl (C=O) groups is 1. The molecule has 3 unspecified atom stereocenters. The predicted molar refractivity (Wildman–Crippen MR) is 144 cm³/mol. The Hall–Kier alpha value is -0.810. The number of unbranched alkanes of at least 4 members (excludes halogenated alkanes) is 9. The molecule has 2 rings (SSSR count). The summed E-state index contributed by atoms with van der Waals surface area (Å²) in [6.45, 7) is 4.24. The molecule has 2 aliphatic rings. The van der Waals surface area contributed by atoms with Crippen LogP contribution in [0.3, 0.4) is 0 Å². The van der Waals surface area contributed by atoms with E-state index in [1.165, 1.54) is 25.7 Å². The zero-order valence-electron chi connectivity index (χ0n) is 23.8. The Morgan fingerprint density at radius 1 is 0.816 bits per heavy atom. The number of likely N-dealkylation sites (tertiary alicyclic amines) is 1. The van der Waals surface area contributed by atoms with E-state index in [9.17, 15) is 30.3 Å². The molecule has 6 N–H and O–H groups in total. The predicted octanol–water partition coefficient (Wildman–Crippen LogP) is 3.52. The molecule has 9 heteroatoms. The fraction of sp³-hybridized carbons (Fsp3) is 0.966. The normalized spacial score (nSPS) is 25.1. The summed E-state index contributed by atoms with van der Waals surface area (Å²) in [6.07, 6.45) is 11.4. The van der Waals surface area contributed by atoms with Crippen LogP contribution in [0.2, 0.25) is 0 Å². The minimum atomic E-state index is -2.50. The van der Waals surface area contributed by atoms with E-state index in [-0.39, 0.29) is 50.7 Å². The van der Waals surface area contributed by atoms with Crippen molar-refractivity contribution in [3.05, 3.63) is 0 Å². The van der Waals surface area contributed by atoms with Gasteiger partial charge in [0.1, 0.15) is 6.10 Å². The highest BCUT2D eigenvalue weighted by Crippen LogP contribution is 2.54. The number of rotatable bonds is 18. The Kier molecular flexibility index (Phi) is 13.9. The summed E-state index contributed by atoms with van der Waals surface area (Å²) in [5.74, 6) is -5.54. The number of ether oxygens (including phenoxy) is 1. The SMILES string of the molecule is CCCCCCCCC(CCCCCC)C(=O)OC1CC2(CC1O)CC(O)(O)N(CCCCO)C(O)(O)C2. The molecule has 9 nitrogen and oxygen atoms in total. The molecule has 0 aromatic carbocycles. The highest BCUT2D eigenvalue weighted by molar-refractivity contribution is 5.72. The van der Waals surface area contributed by atoms with Gasteiger partial charge in [-0.1, -0.05) is 78.1 Å². The first kappa shape index (κ1) is 33.4. The van der Waals surface area contributed by atoms with Gasteiger partial charge in [-0.2, -0.15) is 0 Å². The third kappa shape index (κ3) is 9.98. The first-order valence-corrected chi connectivity index (χ1v) is 15.2. The molecule has 1 saturated heterocycles. The van der Waals surface area contributed by atoms with Crippen molar-refractivity contribution in [1.82, 2.24) is 4.90 Å². The number of hydrogen-bond acceptors (Lipinski definition) is 9. The van der Waals surface area contributed by atoms with Crippen molar-refractivity contribution in [2.45, 2.75) is 153 Å². The van der Waals surface area contributed by atoms with Crippen molar-refractivity contribution in [2.24, 2.45) is 11.3 Å². The molecule has 0 radical (unpaired) electrons. The molecule has 1 heterocycles. The molecule has 0 aromatic heterocycles. The van der Waals surface area contributed by atoms with Crippen molar-refractivity contribution in [2.75, 3.05) is 13.2 Å². The van der Waals surface area contributed by atoms with Crippen LogP contribution < -0.4 is 0 Å². The van der Waals surface area contributed by atoms with Gasteiger partial charge >= 0.3 is 5.97 Å². The fourth-order valence-electron chi connectivity index (χ4n) is 6.53. The highest BCUT2D eigenvalue weighted by Gasteiger charge is 2.61. The van der Waals surface area contributed by atoms with E-state index >= 15 is 0 Å². The molecule has 224 valence electrons. The number of nitrogens with zero attached hydrogens (tertiary/aromatic N) is 1. The summed E-state index contributed by atoms with van der Waals surface area (Å²) in [7, 11) is 0. The summed E-state index contributed by atoms with van der Waals surface area (Å²) in [5.41, 5.74) is -0.999. The highest BCUT2D eigenvalue weighted by atomic mass is 16.6. The van der Waals surface area contributed by atoms with Crippen molar-refractivity contribution in [1.29, 1.82) is 0 Å². The zero-order valence-corrected chi connectivity index (χ0v) is 23.8. The second-order valence-electron chi connectivity index (χ2n) is 12.0. The lowest BCUT2D eigenvalue weighted by Crippen LogP contribution is -2.68. The Bertz CT molecular complexity index is 667. The molecule has 38 heavy (non-hydrogen) atoms. The van der Waals surface area contributed by atoms with Gasteiger partial charge in [0, 0.05) is 26.0 Å². The van der Waals surface area contributed by atoms with E-state index in [0.717, 1.165) is 56.3 Å². The number of aliphatic hydroxyl groups excluding tert-OH is 2. The standard InChI is InChI=1S/C29H55NO8/c1-3-5-7-9-10-12-16-23(15-11-8-6-4-2)26(33)38-25-20-27(19-24(25)32)21-28(34,35)30(17-13-14-18-31)29(36,37)22-27/h23-25,31-32,34-37H,3-22H2,1-2H3. The maximum atomic E-state index is 13.2. The molecule has 1 spiro atoms. The van der Waals surface area contributed by atoms with Crippen LogP contribution in [0.4, 0.5) is 0 Å². The van der Waals surface area contributed by atoms with Crippen LogP contribution in [0.1, 0.15) is 129 Å². The lowest BCUT2D eigenvalue weighted by Gasteiger charge is -2.53. The van der Waals surface area contributed by atoms with Gasteiger partial charge in [0.05, 0.1) is 12.0 Å². The summed E-state index contributed by atoms with van der Waals surface area (Å²) in [6, 6.07) is 0. The number of carbonyl (C=O) groups excluding carboxylic acids is 1. The molecule has 0 bridgehead atoms. The van der Waals surface area contributed by atoms with Crippen LogP contribution in [0.15, 0.2) is 0 Å². The first-order chi connectivity index (χ1) is 18.0. The lowest BCUT2D eigenvalue weighted by molar-refractivity contribution is -0.423. The van der Waals surface area contributed by atoms with E-state index < -0.39 is 29.4 Å². The number of aliphatic hydroxyl groups is 6. The second kappa shape index (κ2) is 15.8. The van der Waals surface area contributed by atoms with Crippen molar-refractivity contribution in [3.8, 4) is 0 Å². The summed E-state index contributed by atoms with van der Waals surface area (Å²) >= 11 is 0. The Balaban J connectivity index is 2.00. The van der Waals surface area contributed by atoms with Crippen LogP contribution in [-0.4, -0.2) is 78.7 Å². The quantitative estimate of drug-likeness (QED) is 0.0863. The smallest absolute Gasteiger partial charge is 0.309 e. The molecule has 3 atom stereocenters. The monoisotopic (exact) mass is 545 g/mol. The lowest BCUT2D eigenvalue weighted by atomic mass is 9.73. The van der Waals surface area contributed by atoms with Gasteiger partial charge in [-0.05, 0) is 43.9 Å². The van der Waals surface area contributed by atoms with E-state index in [1.54, 1.807) is 0 Å². The van der Waals surface area contributed by atoms with Gasteiger partial charge < -0.3 is 35.4 Å². The van der Waals surface area contributed by atoms with Crippen LogP contribution in [-0.2, 0) is 9.53 Å². The van der Waals surface area contributed by atoms with E-state index in [2.05, 4.69) is 13.8 Å². The Labute approximate surface area is 229 Å². The average molecular weight is 546 g/mol. The maximum absolute atomic E-state index is 13.2. The average Bonchev–Trinajstić information content (AvgIpc) is 3.11. The minimum absolute atomic E-state index is 0.0181. The van der Waals surface area contributed by atoms with E-state index in [0.29, 0.717) is 12.8 Å². The maximum Gasteiger partial charge on any atom is 0.309 e. The third-order valence-electron chi connectivity index (χ3n) is 8.50. The van der Waals surface area contributed by atoms with Gasteiger partial charge in [-0.15, -0.1) is 0 Å². The largest absolute Gasteiger partial charge is 0.459 e. The van der Waals surface area contributed by atoms with Crippen molar-refractivity contribution in [3.63, 3.8) is 0 Å². The molecular weight excluding hydrogens is 490 g/mol. The second-order valence-corrected chi connectivity index (χ2v) is 12.0. The molecular formula is C29H55NO8. The van der Waals surface area contributed by atoms with Gasteiger partial charge in [0.2, 0.25) is 11.8 Å². The third-order valence-corrected chi connectivity index (χ3v) is 8.50. The van der Waals surface area contributed by atoms with Crippen LogP contribution in [0.5, 0.6) is 0 Å². The Morgan fingerprint density at radius 3 is 1.89 bits per heavy atom. The first-order valence-electron chi connectivity index (χ1n) is 15.2. The molecule has 1 aliphatic heterocycles. The number of esters is 1. The van der Waals surface area contributed by atoms with E-state index in [4.69, 9.17) is 9.84 Å². The molecule has 0 aromatic rings. The van der Waals surface area contributed by atoms with Crippen LogP contribution in [0.25, 0.3) is 0 Å². The number of piperidine rings is 1. The van der Waals surface area contributed by atoms with Gasteiger partial charge in [0.25, 0.3) is 0 Å². The van der Waals surface area contributed by atoms with E-state index in [1.807, 2.05) is 0 Å². The van der Waals surface area contributed by atoms with Gasteiger partial charge in [-0.25, -0.2) is 4.90 Å². The number of hydrogen-bond donors (Lipinski definition) is 6. The molecule has 2 fully saturated rings. The summed E-state index contributed by atoms with van der Waals surface area (Å²) < 4.78 is 5.85. The molecule has 0 amide bonds. The fourth-order valence-corrected chi connectivity index (χ4v) is 6.53. The van der Waals surface area contributed by atoms with Crippen molar-refractivity contribution >= 4 is 5.97 Å². The van der Waals surface area contributed by atoms with Gasteiger partial charge in [0.15, 0.2) is 0 Å². The van der Waals surface area contributed by atoms with Crippen molar-refractivity contribution < 1.29 is 40.2 Å².